The van der Waals surface area contributed by atoms with E-state index in [9.17, 15) is 4.79 Å². The molecule has 0 fully saturated rings. The topological polar surface area (TPSA) is 30.0 Å². The fourth-order valence-corrected chi connectivity index (χ4v) is 2.05. The summed E-state index contributed by atoms with van der Waals surface area (Å²) in [7, 11) is 0. The van der Waals surface area contributed by atoms with Crippen LogP contribution in [0.2, 0.25) is 0 Å². The van der Waals surface area contributed by atoms with Crippen molar-refractivity contribution in [2.45, 2.75) is 4.90 Å². The third kappa shape index (κ3) is 1.77. The van der Waals surface area contributed by atoms with Crippen molar-refractivity contribution in [3.05, 3.63) is 36.5 Å². The van der Waals surface area contributed by atoms with Crippen LogP contribution in [0.1, 0.15) is 0 Å². The van der Waals surface area contributed by atoms with Gasteiger partial charge in [0.2, 0.25) is 0 Å². The number of aldehydes is 1. The molecule has 0 unspecified atom stereocenters. The van der Waals surface area contributed by atoms with Gasteiger partial charge in [0.15, 0.2) is 0 Å². The maximum absolute atomic E-state index is 10.3. The van der Waals surface area contributed by atoms with Crippen LogP contribution in [-0.2, 0) is 4.79 Å². The van der Waals surface area contributed by atoms with E-state index in [2.05, 4.69) is 4.98 Å². The van der Waals surface area contributed by atoms with Crippen LogP contribution in [-0.4, -0.2) is 17.0 Å². The van der Waals surface area contributed by atoms with Crippen LogP contribution in [0.25, 0.3) is 10.9 Å². The second-order valence-electron chi connectivity index (χ2n) is 2.81. The van der Waals surface area contributed by atoms with E-state index in [0.29, 0.717) is 5.75 Å². The predicted molar refractivity (Wildman–Crippen MR) is 58.5 cm³/mol. The number of carbonyl (C=O) groups excluding carboxylic acids is 1. The number of carbonyl (C=O) groups is 1. The molecule has 0 N–H and O–H groups in total. The highest BCUT2D eigenvalue weighted by molar-refractivity contribution is 8.00. The summed E-state index contributed by atoms with van der Waals surface area (Å²) in [6.07, 6.45) is 2.68. The van der Waals surface area contributed by atoms with Crippen molar-refractivity contribution < 1.29 is 4.79 Å². The number of para-hydroxylation sites is 1. The van der Waals surface area contributed by atoms with Gasteiger partial charge in [0.05, 0.1) is 11.3 Å². The Kier molecular flexibility index (Phi) is 2.79. The molecule has 14 heavy (non-hydrogen) atoms. The van der Waals surface area contributed by atoms with Gasteiger partial charge in [0.1, 0.15) is 6.29 Å². The van der Waals surface area contributed by atoms with Gasteiger partial charge in [-0.25, -0.2) is 0 Å². The first-order chi connectivity index (χ1) is 6.92. The standard InChI is InChI=1S/C11H9NOS/c13-7-8-14-10-5-1-3-9-4-2-6-12-11(9)10/h1-7H,8H2. The van der Waals surface area contributed by atoms with Crippen LogP contribution in [0.4, 0.5) is 0 Å². The van der Waals surface area contributed by atoms with Crippen LogP contribution < -0.4 is 0 Å². The number of aromatic nitrogens is 1. The van der Waals surface area contributed by atoms with Gasteiger partial charge in [-0.1, -0.05) is 18.2 Å². The van der Waals surface area contributed by atoms with Crippen molar-refractivity contribution in [3.8, 4) is 0 Å². The molecule has 0 aliphatic heterocycles. The number of benzene rings is 1. The summed E-state index contributed by atoms with van der Waals surface area (Å²) in [4.78, 5) is 15.6. The number of thioether (sulfide) groups is 1. The highest BCUT2D eigenvalue weighted by Gasteiger charge is 2.00. The number of hydrogen-bond acceptors (Lipinski definition) is 3. The Bertz CT molecular complexity index is 450. The Morgan fingerprint density at radius 2 is 2.14 bits per heavy atom. The van der Waals surface area contributed by atoms with Crippen LogP contribution in [0.5, 0.6) is 0 Å². The molecule has 2 rings (SSSR count). The van der Waals surface area contributed by atoms with E-state index in [4.69, 9.17) is 0 Å². The molecular formula is C11H9NOS. The van der Waals surface area contributed by atoms with Crippen molar-refractivity contribution >= 4 is 29.0 Å². The first-order valence-electron chi connectivity index (χ1n) is 4.32. The summed E-state index contributed by atoms with van der Waals surface area (Å²) in [5.74, 6) is 0.482. The molecule has 1 heterocycles. The molecule has 1 aromatic heterocycles. The molecule has 0 amide bonds. The predicted octanol–water partition coefficient (Wildman–Crippen LogP) is 2.53. The molecule has 0 radical (unpaired) electrons. The zero-order valence-electron chi connectivity index (χ0n) is 7.51. The first kappa shape index (κ1) is 9.21. The molecule has 0 saturated carbocycles. The van der Waals surface area contributed by atoms with E-state index in [1.807, 2.05) is 30.3 Å². The molecule has 2 nitrogen and oxygen atoms in total. The highest BCUT2D eigenvalue weighted by Crippen LogP contribution is 2.25. The van der Waals surface area contributed by atoms with E-state index in [-0.39, 0.29) is 0 Å². The first-order valence-corrected chi connectivity index (χ1v) is 5.30. The quantitative estimate of drug-likeness (QED) is 0.567. The van der Waals surface area contributed by atoms with E-state index in [1.165, 1.54) is 11.8 Å². The van der Waals surface area contributed by atoms with E-state index >= 15 is 0 Å². The van der Waals surface area contributed by atoms with Gasteiger partial charge in [-0.05, 0) is 12.1 Å². The normalized spacial score (nSPS) is 10.3. The van der Waals surface area contributed by atoms with Crippen molar-refractivity contribution in [1.29, 1.82) is 0 Å². The molecule has 70 valence electrons. The number of rotatable bonds is 3. The fraction of sp³-hybridized carbons (Fsp3) is 0.0909. The van der Waals surface area contributed by atoms with Crippen molar-refractivity contribution in [2.24, 2.45) is 0 Å². The minimum absolute atomic E-state index is 0.482. The average Bonchev–Trinajstić information content (AvgIpc) is 2.26. The summed E-state index contributed by atoms with van der Waals surface area (Å²) >= 11 is 1.52. The fourth-order valence-electron chi connectivity index (χ4n) is 1.32. The molecule has 0 spiro atoms. The van der Waals surface area contributed by atoms with Gasteiger partial charge in [-0.2, -0.15) is 0 Å². The van der Waals surface area contributed by atoms with Gasteiger partial charge in [-0.3, -0.25) is 4.98 Å². The molecule has 3 heteroatoms. The Morgan fingerprint density at radius 1 is 1.29 bits per heavy atom. The molecule has 0 saturated heterocycles. The molecule has 2 aromatic rings. The zero-order valence-corrected chi connectivity index (χ0v) is 8.33. The molecular weight excluding hydrogens is 194 g/mol. The van der Waals surface area contributed by atoms with E-state index in [0.717, 1.165) is 22.1 Å². The number of pyridine rings is 1. The summed E-state index contributed by atoms with van der Waals surface area (Å²) in [5, 5.41) is 1.11. The lowest BCUT2D eigenvalue weighted by Crippen LogP contribution is -1.84. The lowest BCUT2D eigenvalue weighted by atomic mass is 10.2. The van der Waals surface area contributed by atoms with Crippen LogP contribution in [0.3, 0.4) is 0 Å². The van der Waals surface area contributed by atoms with E-state index < -0.39 is 0 Å². The lowest BCUT2D eigenvalue weighted by molar-refractivity contribution is -0.105. The van der Waals surface area contributed by atoms with Crippen molar-refractivity contribution in [2.75, 3.05) is 5.75 Å². The SMILES string of the molecule is O=CCSc1cccc2cccnc12. The Balaban J connectivity index is 2.48. The largest absolute Gasteiger partial charge is 0.302 e. The third-order valence-electron chi connectivity index (χ3n) is 1.90. The molecule has 0 bridgehead atoms. The van der Waals surface area contributed by atoms with Gasteiger partial charge < -0.3 is 4.79 Å². The molecule has 0 atom stereocenters. The average molecular weight is 203 g/mol. The Hall–Kier alpha value is -1.35. The van der Waals surface area contributed by atoms with Crippen LogP contribution in [0, 0.1) is 0 Å². The number of hydrogen-bond donors (Lipinski definition) is 0. The number of fused-ring (bicyclic) bond motifs is 1. The third-order valence-corrected chi connectivity index (χ3v) is 2.85. The molecule has 0 aliphatic carbocycles. The number of nitrogens with zero attached hydrogens (tertiary/aromatic N) is 1. The summed E-state index contributed by atoms with van der Waals surface area (Å²) in [6, 6.07) is 9.93. The minimum Gasteiger partial charge on any atom is -0.302 e. The monoisotopic (exact) mass is 203 g/mol. The van der Waals surface area contributed by atoms with Crippen molar-refractivity contribution in [3.63, 3.8) is 0 Å². The van der Waals surface area contributed by atoms with Gasteiger partial charge in [0, 0.05) is 16.5 Å². The van der Waals surface area contributed by atoms with Gasteiger partial charge in [0.25, 0.3) is 0 Å². The lowest BCUT2D eigenvalue weighted by Gasteiger charge is -2.02. The Labute approximate surface area is 86.3 Å². The smallest absolute Gasteiger partial charge is 0.130 e. The highest BCUT2D eigenvalue weighted by atomic mass is 32.2. The summed E-state index contributed by atoms with van der Waals surface area (Å²) < 4.78 is 0. The summed E-state index contributed by atoms with van der Waals surface area (Å²) in [6.45, 7) is 0. The van der Waals surface area contributed by atoms with Gasteiger partial charge >= 0.3 is 0 Å². The van der Waals surface area contributed by atoms with Crippen LogP contribution >= 0.6 is 11.8 Å². The minimum atomic E-state index is 0.482. The maximum atomic E-state index is 10.3. The zero-order chi connectivity index (χ0) is 9.80. The molecule has 0 aliphatic rings. The summed E-state index contributed by atoms with van der Waals surface area (Å²) in [5.41, 5.74) is 0.974. The molecule has 1 aromatic carbocycles. The van der Waals surface area contributed by atoms with Crippen molar-refractivity contribution in [1.82, 2.24) is 4.98 Å². The Morgan fingerprint density at radius 3 is 3.00 bits per heavy atom. The second kappa shape index (κ2) is 4.24. The van der Waals surface area contributed by atoms with Gasteiger partial charge in [-0.15, -0.1) is 11.8 Å². The maximum Gasteiger partial charge on any atom is 0.130 e. The van der Waals surface area contributed by atoms with Crippen LogP contribution in [0.15, 0.2) is 41.4 Å². The second-order valence-corrected chi connectivity index (χ2v) is 3.87. The van der Waals surface area contributed by atoms with E-state index in [1.54, 1.807) is 6.20 Å².